The first-order valence-electron chi connectivity index (χ1n) is 13.4. The van der Waals surface area contributed by atoms with E-state index >= 15 is 4.39 Å². The summed E-state index contributed by atoms with van der Waals surface area (Å²) in [5.41, 5.74) is 1.55. The van der Waals surface area contributed by atoms with Gasteiger partial charge in [-0.15, -0.1) is 0 Å². The van der Waals surface area contributed by atoms with E-state index in [0.29, 0.717) is 6.07 Å². The minimum atomic E-state index is -4.89. The van der Waals surface area contributed by atoms with E-state index in [1.807, 2.05) is 7.05 Å². The second-order valence-corrected chi connectivity index (χ2v) is 9.50. The first kappa shape index (κ1) is 33.2. The quantitative estimate of drug-likeness (QED) is 0.269. The standard InChI is InChI=1S/C28H23F5N2O3.C3H10N2/c1-17-24(19-10-6-13-23(38-2)25(19)30)26(36)34(15-14-18-8-4-3-5-9-18)27(37)35(17)16-20-21(28(31,32)33)11-7-12-22(20)29;1-5-3-2-4/h3-13H,14-16H2,1-2H3;5H,2-4H2,1H3. The van der Waals surface area contributed by atoms with Crippen LogP contribution in [-0.4, -0.2) is 36.4 Å². The number of ether oxygens (including phenoxy) is 1. The molecule has 0 saturated heterocycles. The van der Waals surface area contributed by atoms with Gasteiger partial charge in [0.15, 0.2) is 11.6 Å². The number of hydrogen-bond donors (Lipinski definition) is 2. The van der Waals surface area contributed by atoms with Crippen molar-refractivity contribution in [1.82, 2.24) is 14.5 Å². The average Bonchev–Trinajstić information content (AvgIpc) is 2.97. The highest BCUT2D eigenvalue weighted by molar-refractivity contribution is 5.67. The maximum Gasteiger partial charge on any atom is 0.416 e. The van der Waals surface area contributed by atoms with Crippen LogP contribution in [0.3, 0.4) is 0 Å². The van der Waals surface area contributed by atoms with E-state index in [1.165, 1.54) is 32.2 Å². The maximum absolute atomic E-state index is 15.3. The van der Waals surface area contributed by atoms with Crippen molar-refractivity contribution in [2.45, 2.75) is 32.6 Å². The number of halogens is 5. The van der Waals surface area contributed by atoms with Gasteiger partial charge >= 0.3 is 11.9 Å². The number of nitrogens with one attached hydrogen (secondary N) is 1. The zero-order valence-corrected chi connectivity index (χ0v) is 24.0. The number of benzene rings is 3. The van der Waals surface area contributed by atoms with Crippen molar-refractivity contribution < 1.29 is 26.7 Å². The van der Waals surface area contributed by atoms with Crippen molar-refractivity contribution in [3.63, 3.8) is 0 Å². The van der Waals surface area contributed by atoms with Crippen LogP contribution >= 0.6 is 0 Å². The fraction of sp³-hybridized carbons (Fsp3) is 0.290. The molecule has 0 aliphatic heterocycles. The van der Waals surface area contributed by atoms with Gasteiger partial charge in [-0.3, -0.25) is 13.9 Å². The van der Waals surface area contributed by atoms with Crippen LogP contribution in [0, 0.1) is 18.6 Å². The smallest absolute Gasteiger partial charge is 0.416 e. The Labute approximate surface area is 245 Å². The summed E-state index contributed by atoms with van der Waals surface area (Å²) in [6, 6.07) is 15.5. The van der Waals surface area contributed by atoms with Crippen LogP contribution in [0.1, 0.15) is 22.4 Å². The van der Waals surface area contributed by atoms with E-state index < -0.39 is 46.7 Å². The van der Waals surface area contributed by atoms with Crippen LogP contribution in [0.4, 0.5) is 22.0 Å². The van der Waals surface area contributed by atoms with Crippen molar-refractivity contribution >= 4 is 0 Å². The lowest BCUT2D eigenvalue weighted by atomic mass is 10.0. The molecule has 7 nitrogen and oxygen atoms in total. The molecule has 0 spiro atoms. The van der Waals surface area contributed by atoms with Crippen LogP contribution in [0.15, 0.2) is 76.3 Å². The third-order valence-corrected chi connectivity index (χ3v) is 6.74. The molecule has 1 heterocycles. The third-order valence-electron chi connectivity index (χ3n) is 6.74. The zero-order chi connectivity index (χ0) is 31.7. The summed E-state index contributed by atoms with van der Waals surface area (Å²) in [5.74, 6) is -2.21. The van der Waals surface area contributed by atoms with Gasteiger partial charge in [-0.05, 0) is 44.2 Å². The minimum absolute atomic E-state index is 0.112. The van der Waals surface area contributed by atoms with E-state index in [4.69, 9.17) is 10.5 Å². The molecule has 0 radical (unpaired) electrons. The predicted octanol–water partition coefficient (Wildman–Crippen LogP) is 4.75. The molecule has 0 fully saturated rings. The molecule has 0 unspecified atom stereocenters. The molecule has 1 aromatic heterocycles. The number of rotatable bonds is 9. The molecule has 3 N–H and O–H groups in total. The molecular weight excluding hydrogens is 571 g/mol. The van der Waals surface area contributed by atoms with Crippen LogP contribution in [0.5, 0.6) is 5.75 Å². The minimum Gasteiger partial charge on any atom is -0.494 e. The summed E-state index contributed by atoms with van der Waals surface area (Å²) in [7, 11) is 3.12. The van der Waals surface area contributed by atoms with Gasteiger partial charge < -0.3 is 15.8 Å². The molecule has 0 aliphatic carbocycles. The average molecular weight is 605 g/mol. The van der Waals surface area contributed by atoms with Crippen LogP contribution in [0.2, 0.25) is 0 Å². The Morgan fingerprint density at radius 1 is 0.930 bits per heavy atom. The lowest BCUT2D eigenvalue weighted by molar-refractivity contribution is -0.138. The highest BCUT2D eigenvalue weighted by Gasteiger charge is 2.35. The van der Waals surface area contributed by atoms with Crippen LogP contribution in [-0.2, 0) is 25.7 Å². The van der Waals surface area contributed by atoms with Gasteiger partial charge in [-0.2, -0.15) is 13.2 Å². The molecule has 0 saturated carbocycles. The van der Waals surface area contributed by atoms with Gasteiger partial charge in [0.05, 0.1) is 24.8 Å². The van der Waals surface area contributed by atoms with Crippen molar-refractivity contribution in [3.8, 4) is 16.9 Å². The van der Waals surface area contributed by atoms with Gasteiger partial charge in [-0.25, -0.2) is 13.6 Å². The molecule has 0 amide bonds. The second kappa shape index (κ2) is 14.7. The molecule has 12 heteroatoms. The molecule has 43 heavy (non-hydrogen) atoms. The Kier molecular flexibility index (Phi) is 11.4. The third kappa shape index (κ3) is 7.76. The van der Waals surface area contributed by atoms with E-state index in [0.717, 1.165) is 39.9 Å². The summed E-state index contributed by atoms with van der Waals surface area (Å²) in [6.07, 6.45) is -4.65. The molecule has 0 bridgehead atoms. The molecular formula is C31H33F5N4O3. The number of alkyl halides is 3. The first-order valence-corrected chi connectivity index (χ1v) is 13.4. The second-order valence-electron chi connectivity index (χ2n) is 9.50. The maximum atomic E-state index is 15.3. The van der Waals surface area contributed by atoms with Crippen molar-refractivity contribution in [3.05, 3.63) is 122 Å². The normalized spacial score (nSPS) is 11.2. The lowest BCUT2D eigenvalue weighted by Gasteiger charge is -2.20. The Balaban J connectivity index is 0.000000934. The molecule has 3 aromatic carbocycles. The number of methoxy groups -OCH3 is 1. The fourth-order valence-corrected chi connectivity index (χ4v) is 4.53. The Morgan fingerprint density at radius 3 is 2.19 bits per heavy atom. The lowest BCUT2D eigenvalue weighted by Crippen LogP contribution is -2.43. The Morgan fingerprint density at radius 2 is 1.60 bits per heavy atom. The summed E-state index contributed by atoms with van der Waals surface area (Å²) in [4.78, 5) is 27.1. The fourth-order valence-electron chi connectivity index (χ4n) is 4.53. The largest absolute Gasteiger partial charge is 0.494 e. The first-order chi connectivity index (χ1) is 20.5. The predicted molar refractivity (Wildman–Crippen MR) is 155 cm³/mol. The van der Waals surface area contributed by atoms with E-state index in [-0.39, 0.29) is 35.5 Å². The molecule has 230 valence electrons. The molecule has 0 atom stereocenters. The van der Waals surface area contributed by atoms with Crippen molar-refractivity contribution in [2.24, 2.45) is 5.73 Å². The van der Waals surface area contributed by atoms with Gasteiger partial charge in [-0.1, -0.05) is 48.5 Å². The van der Waals surface area contributed by atoms with Crippen molar-refractivity contribution in [1.29, 1.82) is 0 Å². The summed E-state index contributed by atoms with van der Waals surface area (Å²) >= 11 is 0. The monoisotopic (exact) mass is 604 g/mol. The number of likely N-dealkylation sites (N-methyl/N-ethyl adjacent to an activating group) is 1. The Bertz CT molecular complexity index is 1650. The zero-order valence-electron chi connectivity index (χ0n) is 24.0. The number of nitrogens with two attached hydrogens (primary N) is 1. The summed E-state index contributed by atoms with van der Waals surface area (Å²) in [6.45, 7) is 2.00. The highest BCUT2D eigenvalue weighted by Crippen LogP contribution is 2.34. The molecule has 4 aromatic rings. The van der Waals surface area contributed by atoms with Crippen LogP contribution < -0.4 is 27.0 Å². The number of hydrogen-bond acceptors (Lipinski definition) is 5. The SMILES string of the molecule is CNCCN.COc1cccc(-c2c(C)n(Cc3c(F)cccc3C(F)(F)F)c(=O)n(CCc3ccccc3)c2=O)c1F. The van der Waals surface area contributed by atoms with Gasteiger partial charge in [0.2, 0.25) is 0 Å². The molecule has 0 aliphatic rings. The summed E-state index contributed by atoms with van der Waals surface area (Å²) < 4.78 is 77.8. The molecule has 4 rings (SSSR count). The topological polar surface area (TPSA) is 91.3 Å². The van der Waals surface area contributed by atoms with E-state index in [9.17, 15) is 27.2 Å². The van der Waals surface area contributed by atoms with Gasteiger partial charge in [0, 0.05) is 36.5 Å². The van der Waals surface area contributed by atoms with Crippen molar-refractivity contribution in [2.75, 3.05) is 27.2 Å². The van der Waals surface area contributed by atoms with Crippen LogP contribution in [0.25, 0.3) is 11.1 Å². The highest BCUT2D eigenvalue weighted by atomic mass is 19.4. The van der Waals surface area contributed by atoms with E-state index in [1.54, 1.807) is 30.3 Å². The summed E-state index contributed by atoms with van der Waals surface area (Å²) in [5, 5.41) is 2.89. The van der Waals surface area contributed by atoms with Gasteiger partial charge in [0.1, 0.15) is 5.82 Å². The number of nitrogens with zero attached hydrogens (tertiary/aromatic N) is 2. The van der Waals surface area contributed by atoms with Gasteiger partial charge in [0.25, 0.3) is 5.56 Å². The van der Waals surface area contributed by atoms with E-state index in [2.05, 4.69) is 5.32 Å². The number of aryl methyl sites for hydroxylation is 1. The number of aromatic nitrogens is 2. The Hall–Kier alpha value is -4.29.